The van der Waals surface area contributed by atoms with Crippen LogP contribution in [-0.2, 0) is 26.3 Å². The number of alkyl halides is 6. The number of fused-ring (bicyclic) bond motifs is 2. The lowest BCUT2D eigenvalue weighted by molar-refractivity contribution is -0.193. The Bertz CT molecular complexity index is 1100. The van der Waals surface area contributed by atoms with E-state index >= 15 is 0 Å². The summed E-state index contributed by atoms with van der Waals surface area (Å²) in [5, 5.41) is 14.2. The maximum atomic E-state index is 12.1. The second-order valence-corrected chi connectivity index (χ2v) is 8.52. The molecule has 2 aliphatic rings. The van der Waals surface area contributed by atoms with E-state index < -0.39 is 24.3 Å². The molecule has 38 heavy (non-hydrogen) atoms. The van der Waals surface area contributed by atoms with E-state index in [9.17, 15) is 31.1 Å². The smallest absolute Gasteiger partial charge is 0.475 e. The molecule has 1 aromatic heterocycles. The Morgan fingerprint density at radius 3 is 1.97 bits per heavy atom. The van der Waals surface area contributed by atoms with Gasteiger partial charge in [0.1, 0.15) is 0 Å². The number of hydrogen-bond acceptors (Lipinski definition) is 5. The molecular weight excluding hydrogens is 524 g/mol. The Morgan fingerprint density at radius 1 is 0.921 bits per heavy atom. The second-order valence-electron chi connectivity index (χ2n) is 8.52. The average Bonchev–Trinajstić information content (AvgIpc) is 3.41. The van der Waals surface area contributed by atoms with Gasteiger partial charge in [-0.15, -0.1) is 0 Å². The van der Waals surface area contributed by atoms with Gasteiger partial charge in [-0.05, 0) is 24.1 Å². The summed E-state index contributed by atoms with van der Waals surface area (Å²) in [6.07, 6.45) is -6.69. The molecule has 1 amide bonds. The monoisotopic (exact) mass is 549 g/mol. The zero-order valence-electron chi connectivity index (χ0n) is 20.1. The quantitative estimate of drug-likeness (QED) is 0.551. The highest BCUT2D eigenvalue weighted by molar-refractivity contribution is 5.77. The van der Waals surface area contributed by atoms with Crippen molar-refractivity contribution < 1.29 is 50.9 Å². The lowest BCUT2D eigenvalue weighted by Crippen LogP contribution is -2.38. The number of amides is 1. The summed E-state index contributed by atoms with van der Waals surface area (Å²) in [5.74, 6) is -5.26. The number of aromatic nitrogens is 1. The fourth-order valence-electron chi connectivity index (χ4n) is 4.16. The number of carbonyl (C=O) groups excluding carboxylic acids is 1. The normalized spacial score (nSPS) is 18.2. The zero-order chi connectivity index (χ0) is 28.7. The highest BCUT2D eigenvalue weighted by atomic mass is 19.4. The van der Waals surface area contributed by atoms with Gasteiger partial charge in [0.15, 0.2) is 0 Å². The van der Waals surface area contributed by atoms with Crippen LogP contribution in [0.4, 0.5) is 32.0 Å². The predicted molar refractivity (Wildman–Crippen MR) is 122 cm³/mol. The number of carboxylic acid groups (broad SMARTS) is 2. The SMILES string of the molecule is CCC(=O)N1CCC2(C1)CN(Cc1ccccc1)c1cccnc12.O=C(O)C(F)(F)F.O=C(O)C(F)(F)F. The molecule has 1 unspecified atom stereocenters. The van der Waals surface area contributed by atoms with Crippen LogP contribution in [0.15, 0.2) is 48.7 Å². The Hall–Kier alpha value is -3.84. The van der Waals surface area contributed by atoms with Gasteiger partial charge in [-0.25, -0.2) is 9.59 Å². The first-order chi connectivity index (χ1) is 17.6. The molecule has 1 spiro atoms. The van der Waals surface area contributed by atoms with Gasteiger partial charge in [-0.2, -0.15) is 26.3 Å². The van der Waals surface area contributed by atoms with E-state index in [-0.39, 0.29) is 11.3 Å². The number of benzene rings is 1. The molecule has 3 heterocycles. The first kappa shape index (κ1) is 30.4. The molecule has 1 fully saturated rings. The average molecular weight is 549 g/mol. The largest absolute Gasteiger partial charge is 0.490 e. The molecule has 0 radical (unpaired) electrons. The first-order valence-corrected chi connectivity index (χ1v) is 11.2. The third-order valence-corrected chi connectivity index (χ3v) is 5.83. The zero-order valence-corrected chi connectivity index (χ0v) is 20.1. The van der Waals surface area contributed by atoms with Crippen LogP contribution in [-0.4, -0.2) is 69.9 Å². The number of rotatable bonds is 3. The van der Waals surface area contributed by atoms with Gasteiger partial charge >= 0.3 is 24.3 Å². The van der Waals surface area contributed by atoms with Gasteiger partial charge < -0.3 is 20.0 Å². The first-order valence-electron chi connectivity index (χ1n) is 11.2. The van der Waals surface area contributed by atoms with Crippen LogP contribution >= 0.6 is 0 Å². The number of halogens is 6. The molecule has 2 aromatic rings. The highest BCUT2D eigenvalue weighted by Crippen LogP contribution is 2.45. The summed E-state index contributed by atoms with van der Waals surface area (Å²) < 4.78 is 63.5. The lowest BCUT2D eigenvalue weighted by Gasteiger charge is -2.25. The van der Waals surface area contributed by atoms with Crippen LogP contribution in [0.5, 0.6) is 0 Å². The minimum atomic E-state index is -5.08. The summed E-state index contributed by atoms with van der Waals surface area (Å²) >= 11 is 0. The van der Waals surface area contributed by atoms with E-state index in [1.54, 1.807) is 0 Å². The van der Waals surface area contributed by atoms with Crippen molar-refractivity contribution in [2.24, 2.45) is 0 Å². The predicted octanol–water partition coefficient (Wildman–Crippen LogP) is 4.25. The van der Waals surface area contributed by atoms with E-state index in [2.05, 4.69) is 41.3 Å². The third kappa shape index (κ3) is 7.83. The van der Waals surface area contributed by atoms with Crippen molar-refractivity contribution >= 4 is 23.5 Å². The Kier molecular flexibility index (Phi) is 9.70. The van der Waals surface area contributed by atoms with E-state index in [1.807, 2.05) is 24.1 Å². The molecule has 1 aromatic carbocycles. The minimum Gasteiger partial charge on any atom is -0.475 e. The van der Waals surface area contributed by atoms with Gasteiger partial charge in [0.05, 0.1) is 16.8 Å². The standard InChI is InChI=1S/C20H23N3O.2C2HF3O2/c1-2-18(24)22-12-10-20(14-22)15-23(13-16-7-4-3-5-8-16)17-9-6-11-21-19(17)20;2*3-2(4,5)1(6)7/h3-9,11H,2,10,12-15H2,1H3;2*(H,6,7). The van der Waals surface area contributed by atoms with Crippen LogP contribution < -0.4 is 4.90 Å². The summed E-state index contributed by atoms with van der Waals surface area (Å²) in [6.45, 7) is 5.43. The molecule has 0 aliphatic carbocycles. The number of likely N-dealkylation sites (tertiary alicyclic amines) is 1. The topological polar surface area (TPSA) is 111 Å². The van der Waals surface area contributed by atoms with Gasteiger partial charge in [0.25, 0.3) is 0 Å². The van der Waals surface area contributed by atoms with E-state index in [4.69, 9.17) is 24.8 Å². The van der Waals surface area contributed by atoms with Crippen LogP contribution in [0.2, 0.25) is 0 Å². The molecule has 1 atom stereocenters. The number of aliphatic carboxylic acids is 2. The Morgan fingerprint density at radius 2 is 1.47 bits per heavy atom. The lowest BCUT2D eigenvalue weighted by atomic mass is 9.85. The van der Waals surface area contributed by atoms with E-state index in [0.717, 1.165) is 32.6 Å². The molecule has 1 saturated heterocycles. The van der Waals surface area contributed by atoms with Gasteiger partial charge in [0, 0.05) is 38.8 Å². The van der Waals surface area contributed by atoms with Gasteiger partial charge in [0.2, 0.25) is 5.91 Å². The molecule has 14 heteroatoms. The summed E-state index contributed by atoms with van der Waals surface area (Å²) in [4.78, 5) is 39.1. The van der Waals surface area contributed by atoms with Crippen molar-refractivity contribution in [2.75, 3.05) is 24.5 Å². The number of pyridine rings is 1. The van der Waals surface area contributed by atoms with Gasteiger partial charge in [-0.1, -0.05) is 37.3 Å². The third-order valence-electron chi connectivity index (χ3n) is 5.83. The molecular formula is C24H25F6N3O5. The van der Waals surface area contributed by atoms with Crippen molar-refractivity contribution in [3.63, 3.8) is 0 Å². The molecule has 208 valence electrons. The van der Waals surface area contributed by atoms with Crippen molar-refractivity contribution in [3.8, 4) is 0 Å². The molecule has 2 aliphatic heterocycles. The molecule has 8 nitrogen and oxygen atoms in total. The number of hydrogen-bond donors (Lipinski definition) is 2. The number of nitrogens with zero attached hydrogens (tertiary/aromatic N) is 3. The van der Waals surface area contributed by atoms with Crippen LogP contribution in [0.25, 0.3) is 0 Å². The van der Waals surface area contributed by atoms with Crippen molar-refractivity contribution in [2.45, 2.75) is 44.1 Å². The summed E-state index contributed by atoms with van der Waals surface area (Å²) in [7, 11) is 0. The summed E-state index contributed by atoms with van der Waals surface area (Å²) in [5.41, 5.74) is 3.71. The maximum Gasteiger partial charge on any atom is 0.490 e. The molecule has 0 saturated carbocycles. The van der Waals surface area contributed by atoms with E-state index in [1.165, 1.54) is 16.9 Å². The van der Waals surface area contributed by atoms with Crippen LogP contribution in [0, 0.1) is 0 Å². The highest BCUT2D eigenvalue weighted by Gasteiger charge is 2.49. The van der Waals surface area contributed by atoms with Crippen LogP contribution in [0.1, 0.15) is 31.0 Å². The van der Waals surface area contributed by atoms with Crippen LogP contribution in [0.3, 0.4) is 0 Å². The number of carboxylic acids is 2. The fourth-order valence-corrected chi connectivity index (χ4v) is 4.16. The van der Waals surface area contributed by atoms with Crippen molar-refractivity contribution in [3.05, 3.63) is 59.9 Å². The van der Waals surface area contributed by atoms with Crippen molar-refractivity contribution in [1.29, 1.82) is 0 Å². The Balaban J connectivity index is 0.000000301. The molecule has 2 N–H and O–H groups in total. The number of anilines is 1. The van der Waals surface area contributed by atoms with Crippen molar-refractivity contribution in [1.82, 2.24) is 9.88 Å². The second kappa shape index (κ2) is 12.1. The minimum absolute atomic E-state index is 0.00377. The van der Waals surface area contributed by atoms with Gasteiger partial charge in [-0.3, -0.25) is 9.78 Å². The maximum absolute atomic E-state index is 12.1. The number of carbonyl (C=O) groups is 3. The Labute approximate surface area is 213 Å². The summed E-state index contributed by atoms with van der Waals surface area (Å²) in [6, 6.07) is 14.7. The molecule has 0 bridgehead atoms. The molecule has 4 rings (SSSR count). The van der Waals surface area contributed by atoms with E-state index in [0.29, 0.717) is 6.42 Å². The fraction of sp³-hybridized carbons (Fsp3) is 0.417.